The SMILES string of the molecule is COC(=O)COc1cc(Br)c(/C=C2/SC(=S)N(c3ccc4c(c3)OCO4)C2=O)cc1OC. The van der Waals surface area contributed by atoms with E-state index in [0.717, 1.165) is 0 Å². The molecule has 32 heavy (non-hydrogen) atoms. The van der Waals surface area contributed by atoms with Gasteiger partial charge in [0.1, 0.15) is 0 Å². The Balaban J connectivity index is 1.60. The smallest absolute Gasteiger partial charge is 0.343 e. The minimum atomic E-state index is -0.514. The van der Waals surface area contributed by atoms with Gasteiger partial charge in [0.25, 0.3) is 5.91 Å². The molecule has 166 valence electrons. The molecule has 2 aliphatic heterocycles. The van der Waals surface area contributed by atoms with Gasteiger partial charge in [0.15, 0.2) is 33.9 Å². The van der Waals surface area contributed by atoms with Crippen molar-refractivity contribution in [3.63, 3.8) is 0 Å². The van der Waals surface area contributed by atoms with Crippen molar-refractivity contribution in [2.75, 3.05) is 32.5 Å². The number of fused-ring (bicyclic) bond motifs is 1. The summed E-state index contributed by atoms with van der Waals surface area (Å²) in [6, 6.07) is 8.58. The molecule has 2 aromatic rings. The number of carbonyl (C=O) groups excluding carboxylic acids is 2. The van der Waals surface area contributed by atoms with Crippen molar-refractivity contribution >= 4 is 67.9 Å². The lowest BCUT2D eigenvalue weighted by atomic mass is 10.1. The highest BCUT2D eigenvalue weighted by molar-refractivity contribution is 9.10. The number of ether oxygens (including phenoxy) is 5. The molecule has 0 aromatic heterocycles. The monoisotopic (exact) mass is 537 g/mol. The normalized spacial score (nSPS) is 16.0. The largest absolute Gasteiger partial charge is 0.493 e. The third kappa shape index (κ3) is 4.41. The maximum Gasteiger partial charge on any atom is 0.343 e. The van der Waals surface area contributed by atoms with E-state index in [1.165, 1.54) is 30.9 Å². The van der Waals surface area contributed by atoms with E-state index in [2.05, 4.69) is 20.7 Å². The van der Waals surface area contributed by atoms with Gasteiger partial charge in [-0.05, 0) is 35.9 Å². The van der Waals surface area contributed by atoms with Gasteiger partial charge >= 0.3 is 5.97 Å². The summed E-state index contributed by atoms with van der Waals surface area (Å²) in [5.74, 6) is 1.18. The Hall–Kier alpha value is -2.76. The molecule has 0 atom stereocenters. The van der Waals surface area contributed by atoms with Gasteiger partial charge in [-0.2, -0.15) is 0 Å². The second kappa shape index (κ2) is 9.39. The average molecular weight is 538 g/mol. The van der Waals surface area contributed by atoms with Crippen LogP contribution in [0, 0.1) is 0 Å². The number of anilines is 1. The summed E-state index contributed by atoms with van der Waals surface area (Å²) < 4.78 is 27.2. The number of thiocarbonyl (C=S) groups is 1. The van der Waals surface area contributed by atoms with E-state index < -0.39 is 5.97 Å². The lowest BCUT2D eigenvalue weighted by Crippen LogP contribution is -2.27. The minimum absolute atomic E-state index is 0.145. The van der Waals surface area contributed by atoms with Crippen LogP contribution in [0.1, 0.15) is 5.56 Å². The fourth-order valence-corrected chi connectivity index (χ4v) is 4.71. The van der Waals surface area contributed by atoms with Crippen LogP contribution in [0.25, 0.3) is 6.08 Å². The zero-order chi connectivity index (χ0) is 22.8. The molecule has 1 saturated heterocycles. The van der Waals surface area contributed by atoms with Crippen molar-refractivity contribution in [3.8, 4) is 23.0 Å². The minimum Gasteiger partial charge on any atom is -0.493 e. The Kier molecular flexibility index (Phi) is 6.58. The van der Waals surface area contributed by atoms with Gasteiger partial charge in [-0.15, -0.1) is 0 Å². The number of thioether (sulfide) groups is 1. The van der Waals surface area contributed by atoms with Crippen LogP contribution >= 0.6 is 39.9 Å². The molecule has 8 nitrogen and oxygen atoms in total. The Bertz CT molecular complexity index is 1150. The third-order valence-corrected chi connectivity index (χ3v) is 6.54. The Morgan fingerprint density at radius 3 is 2.75 bits per heavy atom. The molecule has 2 heterocycles. The van der Waals surface area contributed by atoms with Crippen LogP contribution in [0.4, 0.5) is 5.69 Å². The number of carbonyl (C=O) groups is 2. The second-order valence-electron chi connectivity index (χ2n) is 6.44. The summed E-state index contributed by atoms with van der Waals surface area (Å²) >= 11 is 10.1. The van der Waals surface area contributed by atoms with E-state index in [0.29, 0.717) is 47.9 Å². The highest BCUT2D eigenvalue weighted by atomic mass is 79.9. The van der Waals surface area contributed by atoms with Crippen LogP contribution in [0.3, 0.4) is 0 Å². The van der Waals surface area contributed by atoms with E-state index in [4.69, 9.17) is 31.2 Å². The molecule has 2 aliphatic rings. The third-order valence-electron chi connectivity index (χ3n) is 4.55. The van der Waals surface area contributed by atoms with Crippen molar-refractivity contribution in [3.05, 3.63) is 45.3 Å². The molecule has 2 aromatic carbocycles. The summed E-state index contributed by atoms with van der Waals surface area (Å²) in [6.07, 6.45) is 1.71. The Morgan fingerprint density at radius 1 is 1.22 bits per heavy atom. The topological polar surface area (TPSA) is 83.5 Å². The molecule has 11 heteroatoms. The zero-order valence-corrected chi connectivity index (χ0v) is 20.1. The molecule has 1 fully saturated rings. The number of rotatable bonds is 6. The molecule has 0 bridgehead atoms. The van der Waals surface area contributed by atoms with Crippen LogP contribution in [0.2, 0.25) is 0 Å². The standard InChI is InChI=1S/C21H16BrNO7S2/c1-26-15-5-11(13(22)8-17(15)28-9-19(24)27-2)6-18-20(25)23(21(31)32-18)12-3-4-14-16(7-12)30-10-29-14/h3-8H,9-10H2,1-2H3/b18-6+. The quantitative estimate of drug-likeness (QED) is 0.306. The van der Waals surface area contributed by atoms with E-state index >= 15 is 0 Å². The van der Waals surface area contributed by atoms with Crippen LogP contribution in [0.15, 0.2) is 39.7 Å². The molecule has 0 unspecified atom stereocenters. The van der Waals surface area contributed by atoms with Crippen LogP contribution in [-0.4, -0.2) is 43.8 Å². The molecule has 0 saturated carbocycles. The molecular formula is C21H16BrNO7S2. The molecule has 0 radical (unpaired) electrons. The van der Waals surface area contributed by atoms with Gasteiger partial charge < -0.3 is 23.7 Å². The van der Waals surface area contributed by atoms with Crippen LogP contribution < -0.4 is 23.8 Å². The predicted octanol–water partition coefficient (Wildman–Crippen LogP) is 4.14. The average Bonchev–Trinajstić information content (AvgIpc) is 3.36. The van der Waals surface area contributed by atoms with Crippen molar-refractivity contribution < 1.29 is 33.3 Å². The first-order valence-electron chi connectivity index (χ1n) is 9.16. The first-order valence-corrected chi connectivity index (χ1v) is 11.2. The van der Waals surface area contributed by atoms with Crippen molar-refractivity contribution in [2.24, 2.45) is 0 Å². The maximum absolute atomic E-state index is 13.1. The van der Waals surface area contributed by atoms with Gasteiger partial charge in [0.2, 0.25) is 6.79 Å². The summed E-state index contributed by atoms with van der Waals surface area (Å²) in [4.78, 5) is 26.4. The predicted molar refractivity (Wildman–Crippen MR) is 126 cm³/mol. The second-order valence-corrected chi connectivity index (χ2v) is 8.97. The molecule has 0 N–H and O–H groups in total. The summed E-state index contributed by atoms with van der Waals surface area (Å²) in [6.45, 7) is -0.112. The highest BCUT2D eigenvalue weighted by Crippen LogP contribution is 2.42. The molecule has 0 aliphatic carbocycles. The summed E-state index contributed by atoms with van der Waals surface area (Å²) in [5.41, 5.74) is 1.28. The Morgan fingerprint density at radius 2 is 2.00 bits per heavy atom. The molecule has 4 rings (SSSR count). The molecule has 0 spiro atoms. The number of amides is 1. The van der Waals surface area contributed by atoms with Gasteiger partial charge in [-0.25, -0.2) is 4.79 Å². The highest BCUT2D eigenvalue weighted by Gasteiger charge is 2.34. The van der Waals surface area contributed by atoms with Gasteiger partial charge in [0, 0.05) is 10.5 Å². The summed E-state index contributed by atoms with van der Waals surface area (Å²) in [5, 5.41) is 0. The van der Waals surface area contributed by atoms with Crippen LogP contribution in [-0.2, 0) is 14.3 Å². The Labute approximate surface area is 201 Å². The fourth-order valence-electron chi connectivity index (χ4n) is 2.99. The number of hydrogen-bond donors (Lipinski definition) is 0. The van der Waals surface area contributed by atoms with E-state index in [-0.39, 0.29) is 19.3 Å². The first kappa shape index (κ1) is 22.4. The van der Waals surface area contributed by atoms with Gasteiger partial charge in [-0.3, -0.25) is 9.69 Å². The fraction of sp³-hybridized carbons (Fsp3) is 0.190. The lowest BCUT2D eigenvalue weighted by Gasteiger charge is -2.15. The van der Waals surface area contributed by atoms with Crippen molar-refractivity contribution in [1.82, 2.24) is 0 Å². The van der Waals surface area contributed by atoms with Gasteiger partial charge in [0.05, 0.1) is 24.8 Å². The number of nitrogens with zero attached hydrogens (tertiary/aromatic N) is 1. The number of halogens is 1. The first-order chi connectivity index (χ1) is 15.4. The maximum atomic E-state index is 13.1. The van der Waals surface area contributed by atoms with Gasteiger partial charge in [-0.1, -0.05) is 39.9 Å². The number of hydrogen-bond acceptors (Lipinski definition) is 9. The molecular weight excluding hydrogens is 522 g/mol. The summed E-state index contributed by atoms with van der Waals surface area (Å²) in [7, 11) is 2.76. The van der Waals surface area contributed by atoms with Crippen molar-refractivity contribution in [1.29, 1.82) is 0 Å². The van der Waals surface area contributed by atoms with E-state index in [9.17, 15) is 9.59 Å². The number of benzene rings is 2. The number of methoxy groups -OCH3 is 2. The zero-order valence-electron chi connectivity index (χ0n) is 16.9. The van der Waals surface area contributed by atoms with Crippen molar-refractivity contribution in [2.45, 2.75) is 0 Å². The van der Waals surface area contributed by atoms with E-state index in [1.807, 2.05) is 0 Å². The van der Waals surface area contributed by atoms with Crippen LogP contribution in [0.5, 0.6) is 23.0 Å². The lowest BCUT2D eigenvalue weighted by molar-refractivity contribution is -0.142. The number of esters is 1. The molecule has 1 amide bonds. The van der Waals surface area contributed by atoms with E-state index in [1.54, 1.807) is 36.4 Å².